The molecule has 0 saturated heterocycles. The molecule has 4 aromatic rings. The predicted molar refractivity (Wildman–Crippen MR) is 119 cm³/mol. The van der Waals surface area contributed by atoms with Crippen molar-refractivity contribution in [3.05, 3.63) is 89.9 Å². The molecule has 0 atom stereocenters. The topological polar surface area (TPSA) is 52.5 Å². The number of carbonyl (C=O) groups excluding carboxylic acids is 1. The molecule has 0 aliphatic rings. The van der Waals surface area contributed by atoms with E-state index in [0.29, 0.717) is 23.7 Å². The third-order valence-corrected chi connectivity index (χ3v) is 5.17. The number of para-hydroxylation sites is 1. The molecule has 5 nitrogen and oxygen atoms in total. The zero-order valence-corrected chi connectivity index (χ0v) is 17.4. The third kappa shape index (κ3) is 4.53. The van der Waals surface area contributed by atoms with Crippen LogP contribution in [-0.2, 0) is 17.8 Å². The zero-order valence-electron chi connectivity index (χ0n) is 17.4. The molecule has 0 radical (unpaired) electrons. The second-order valence-corrected chi connectivity index (χ2v) is 7.22. The summed E-state index contributed by atoms with van der Waals surface area (Å²) in [7, 11) is 3.13. The molecule has 0 aliphatic carbocycles. The summed E-state index contributed by atoms with van der Waals surface area (Å²) in [4.78, 5) is 12.8. The van der Waals surface area contributed by atoms with Gasteiger partial charge in [0.15, 0.2) is 0 Å². The molecule has 1 aromatic heterocycles. The molecule has 1 amide bonds. The molecular formula is C25H23FN2O3. The van der Waals surface area contributed by atoms with Gasteiger partial charge in [-0.3, -0.25) is 4.79 Å². The molecular weight excluding hydrogens is 395 g/mol. The van der Waals surface area contributed by atoms with Gasteiger partial charge >= 0.3 is 0 Å². The minimum Gasteiger partial charge on any atom is -0.497 e. The fourth-order valence-electron chi connectivity index (χ4n) is 3.65. The monoisotopic (exact) mass is 418 g/mol. The number of benzene rings is 3. The van der Waals surface area contributed by atoms with Crippen LogP contribution in [0.25, 0.3) is 10.9 Å². The van der Waals surface area contributed by atoms with E-state index in [2.05, 4.69) is 9.88 Å². The number of nitrogens with zero attached hydrogens (tertiary/aromatic N) is 1. The fourth-order valence-corrected chi connectivity index (χ4v) is 3.65. The van der Waals surface area contributed by atoms with Crippen LogP contribution >= 0.6 is 0 Å². The summed E-state index contributed by atoms with van der Waals surface area (Å²) in [5.41, 5.74) is 3.52. The maximum absolute atomic E-state index is 13.2. The summed E-state index contributed by atoms with van der Waals surface area (Å²) in [6.45, 7) is 0.592. The summed E-state index contributed by atoms with van der Waals surface area (Å²) < 4.78 is 25.9. The number of anilines is 1. The van der Waals surface area contributed by atoms with Gasteiger partial charge in [0.1, 0.15) is 17.3 Å². The first-order valence-electron chi connectivity index (χ1n) is 9.90. The van der Waals surface area contributed by atoms with Crippen LogP contribution in [0.15, 0.2) is 72.9 Å². The van der Waals surface area contributed by atoms with Crippen LogP contribution in [0.5, 0.6) is 11.5 Å². The van der Waals surface area contributed by atoms with E-state index in [-0.39, 0.29) is 18.1 Å². The van der Waals surface area contributed by atoms with Gasteiger partial charge in [-0.1, -0.05) is 30.3 Å². The van der Waals surface area contributed by atoms with E-state index in [1.54, 1.807) is 44.6 Å². The number of amides is 1. The highest BCUT2D eigenvalue weighted by Crippen LogP contribution is 2.29. The zero-order chi connectivity index (χ0) is 21.8. The Morgan fingerprint density at radius 1 is 1.00 bits per heavy atom. The smallest absolute Gasteiger partial charge is 0.228 e. The minimum atomic E-state index is -0.257. The van der Waals surface area contributed by atoms with Crippen molar-refractivity contribution in [2.75, 3.05) is 19.5 Å². The molecule has 0 saturated carbocycles. The summed E-state index contributed by atoms with van der Waals surface area (Å²) in [5, 5.41) is 3.94. The third-order valence-electron chi connectivity index (χ3n) is 5.17. The Bertz CT molecular complexity index is 1220. The molecule has 0 bridgehead atoms. The molecule has 3 aromatic carbocycles. The highest BCUT2D eigenvalue weighted by Gasteiger charge is 2.14. The Morgan fingerprint density at radius 2 is 1.77 bits per heavy atom. The molecule has 31 heavy (non-hydrogen) atoms. The molecule has 0 spiro atoms. The quantitative estimate of drug-likeness (QED) is 0.458. The Morgan fingerprint density at radius 3 is 2.52 bits per heavy atom. The maximum Gasteiger partial charge on any atom is 0.228 e. The van der Waals surface area contributed by atoms with Crippen molar-refractivity contribution < 1.29 is 18.7 Å². The fraction of sp³-hybridized carbons (Fsp3) is 0.160. The number of hydrogen-bond donors (Lipinski definition) is 1. The van der Waals surface area contributed by atoms with Crippen LogP contribution in [0.4, 0.5) is 10.1 Å². The van der Waals surface area contributed by atoms with Gasteiger partial charge in [0, 0.05) is 29.7 Å². The van der Waals surface area contributed by atoms with Gasteiger partial charge < -0.3 is 19.4 Å². The van der Waals surface area contributed by atoms with Crippen LogP contribution < -0.4 is 14.8 Å². The lowest BCUT2D eigenvalue weighted by Gasteiger charge is -2.11. The number of methoxy groups -OCH3 is 2. The van der Waals surface area contributed by atoms with Crippen LogP contribution in [-0.4, -0.2) is 24.7 Å². The number of hydrogen-bond acceptors (Lipinski definition) is 3. The minimum absolute atomic E-state index is 0.145. The standard InChI is InChI=1S/C25H23FN2O3/c1-30-20-11-12-22(24(14-20)31-2)27-25(29)13-18-16-28(23-6-4-3-5-21(18)23)15-17-7-9-19(26)10-8-17/h3-12,14,16H,13,15H2,1-2H3,(H,27,29). The van der Waals surface area contributed by atoms with E-state index >= 15 is 0 Å². The number of aromatic nitrogens is 1. The van der Waals surface area contributed by atoms with Gasteiger partial charge in [0.05, 0.1) is 26.3 Å². The van der Waals surface area contributed by atoms with Gasteiger partial charge in [-0.05, 0) is 41.5 Å². The number of carbonyl (C=O) groups is 1. The molecule has 6 heteroatoms. The number of halogens is 1. The Kier molecular flexibility index (Phi) is 5.89. The Labute approximate surface area is 180 Å². The van der Waals surface area contributed by atoms with E-state index in [1.165, 1.54) is 12.1 Å². The normalized spacial score (nSPS) is 10.8. The van der Waals surface area contributed by atoms with Crippen molar-refractivity contribution >= 4 is 22.5 Å². The largest absolute Gasteiger partial charge is 0.497 e. The molecule has 0 aliphatic heterocycles. The lowest BCUT2D eigenvalue weighted by atomic mass is 10.1. The van der Waals surface area contributed by atoms with Crippen molar-refractivity contribution in [3.8, 4) is 11.5 Å². The predicted octanol–water partition coefficient (Wildman–Crippen LogP) is 5.03. The Balaban J connectivity index is 1.57. The van der Waals surface area contributed by atoms with Gasteiger partial charge in [-0.15, -0.1) is 0 Å². The lowest BCUT2D eigenvalue weighted by molar-refractivity contribution is -0.115. The van der Waals surface area contributed by atoms with Gasteiger partial charge in [0.2, 0.25) is 5.91 Å². The second kappa shape index (κ2) is 8.92. The number of fused-ring (bicyclic) bond motifs is 1. The molecule has 0 fully saturated rings. The van der Waals surface area contributed by atoms with Crippen molar-refractivity contribution in [2.24, 2.45) is 0 Å². The molecule has 4 rings (SSSR count). The summed E-state index contributed by atoms with van der Waals surface area (Å²) >= 11 is 0. The second-order valence-electron chi connectivity index (χ2n) is 7.22. The molecule has 0 unspecified atom stereocenters. The summed E-state index contributed by atoms with van der Waals surface area (Å²) in [5.74, 6) is 0.783. The van der Waals surface area contributed by atoms with Crippen molar-refractivity contribution in [2.45, 2.75) is 13.0 Å². The summed E-state index contributed by atoms with van der Waals surface area (Å²) in [6, 6.07) is 19.7. The first-order chi connectivity index (χ1) is 15.1. The number of rotatable bonds is 7. The number of ether oxygens (including phenoxy) is 2. The highest BCUT2D eigenvalue weighted by atomic mass is 19.1. The average Bonchev–Trinajstić information content (AvgIpc) is 3.12. The molecule has 158 valence electrons. The van der Waals surface area contributed by atoms with Gasteiger partial charge in [0.25, 0.3) is 0 Å². The van der Waals surface area contributed by atoms with E-state index in [9.17, 15) is 9.18 Å². The van der Waals surface area contributed by atoms with Crippen LogP contribution in [0, 0.1) is 5.82 Å². The highest BCUT2D eigenvalue weighted by molar-refractivity contribution is 5.97. The number of nitrogens with one attached hydrogen (secondary N) is 1. The van der Waals surface area contributed by atoms with Crippen molar-refractivity contribution in [1.29, 1.82) is 0 Å². The lowest BCUT2D eigenvalue weighted by Crippen LogP contribution is -2.15. The Hall–Kier alpha value is -3.80. The van der Waals surface area contributed by atoms with Crippen molar-refractivity contribution in [1.82, 2.24) is 4.57 Å². The van der Waals surface area contributed by atoms with Crippen LogP contribution in [0.3, 0.4) is 0 Å². The van der Waals surface area contributed by atoms with Crippen LogP contribution in [0.2, 0.25) is 0 Å². The van der Waals surface area contributed by atoms with Gasteiger partial charge in [-0.2, -0.15) is 0 Å². The van der Waals surface area contributed by atoms with Crippen molar-refractivity contribution in [3.63, 3.8) is 0 Å². The first-order valence-corrected chi connectivity index (χ1v) is 9.90. The van der Waals surface area contributed by atoms with Gasteiger partial charge in [-0.25, -0.2) is 4.39 Å². The average molecular weight is 418 g/mol. The molecule has 1 N–H and O–H groups in total. The maximum atomic E-state index is 13.2. The van der Waals surface area contributed by atoms with E-state index in [0.717, 1.165) is 22.0 Å². The van der Waals surface area contributed by atoms with E-state index in [4.69, 9.17) is 9.47 Å². The SMILES string of the molecule is COc1ccc(NC(=O)Cc2cn(Cc3ccc(F)cc3)c3ccccc23)c(OC)c1. The van der Waals surface area contributed by atoms with E-state index in [1.807, 2.05) is 30.5 Å². The van der Waals surface area contributed by atoms with E-state index < -0.39 is 0 Å². The van der Waals surface area contributed by atoms with Crippen LogP contribution in [0.1, 0.15) is 11.1 Å². The molecule has 1 heterocycles. The summed E-state index contributed by atoms with van der Waals surface area (Å²) in [6.07, 6.45) is 2.20. The first kappa shape index (κ1) is 20.5.